The van der Waals surface area contributed by atoms with E-state index in [-0.39, 0.29) is 10.8 Å². The highest BCUT2D eigenvalue weighted by molar-refractivity contribution is 9.10. The van der Waals surface area contributed by atoms with Crippen molar-refractivity contribution in [3.63, 3.8) is 0 Å². The van der Waals surface area contributed by atoms with E-state index in [2.05, 4.69) is 128 Å². The zero-order valence-corrected chi connectivity index (χ0v) is 21.7. The molecule has 0 aliphatic rings. The molecule has 0 aliphatic carbocycles. The van der Waals surface area contributed by atoms with Gasteiger partial charge in [0.2, 0.25) is 0 Å². The van der Waals surface area contributed by atoms with Crippen molar-refractivity contribution >= 4 is 15.9 Å². The number of nitrogens with zero attached hydrogens (tertiary/aromatic N) is 3. The predicted octanol–water partition coefficient (Wildman–Crippen LogP) is 8.23. The molecule has 4 heteroatoms. The fourth-order valence-electron chi connectivity index (χ4n) is 3.68. The van der Waals surface area contributed by atoms with Crippen molar-refractivity contribution in [3.8, 4) is 33.9 Å². The Morgan fingerprint density at radius 1 is 0.545 bits per heavy atom. The predicted molar refractivity (Wildman–Crippen MR) is 141 cm³/mol. The number of hydrogen-bond donors (Lipinski definition) is 0. The van der Waals surface area contributed by atoms with Crippen LogP contribution in [0, 0.1) is 0 Å². The quantitative estimate of drug-likeness (QED) is 0.284. The highest BCUT2D eigenvalue weighted by atomic mass is 79.9. The first kappa shape index (κ1) is 23.3. The first-order valence-corrected chi connectivity index (χ1v) is 12.0. The summed E-state index contributed by atoms with van der Waals surface area (Å²) in [4.78, 5) is 14.4. The molecular formula is C29H30BrN3. The van der Waals surface area contributed by atoms with Crippen LogP contribution in [0.5, 0.6) is 0 Å². The van der Waals surface area contributed by atoms with Crippen LogP contribution < -0.4 is 0 Å². The summed E-state index contributed by atoms with van der Waals surface area (Å²) in [5.41, 5.74) is 8.19. The minimum absolute atomic E-state index is 0.0342. The highest BCUT2D eigenvalue weighted by Gasteiger charge is 2.18. The van der Waals surface area contributed by atoms with Crippen LogP contribution >= 0.6 is 15.9 Å². The lowest BCUT2D eigenvalue weighted by molar-refractivity contribution is 0.589. The number of aromatic nitrogens is 3. The lowest BCUT2D eigenvalue weighted by Crippen LogP contribution is -2.11. The van der Waals surface area contributed by atoms with Crippen molar-refractivity contribution in [3.05, 3.63) is 88.7 Å². The van der Waals surface area contributed by atoms with E-state index >= 15 is 0 Å². The van der Waals surface area contributed by atoms with Crippen molar-refractivity contribution in [1.29, 1.82) is 0 Å². The zero-order chi connectivity index (χ0) is 23.8. The van der Waals surface area contributed by atoms with Crippen LogP contribution in [0.4, 0.5) is 0 Å². The highest BCUT2D eigenvalue weighted by Crippen LogP contribution is 2.32. The molecule has 3 aromatic heterocycles. The van der Waals surface area contributed by atoms with Gasteiger partial charge in [-0.25, -0.2) is 4.98 Å². The molecule has 168 valence electrons. The van der Waals surface area contributed by atoms with Crippen molar-refractivity contribution in [2.45, 2.75) is 52.4 Å². The van der Waals surface area contributed by atoms with Crippen LogP contribution in [-0.2, 0) is 10.8 Å². The van der Waals surface area contributed by atoms with E-state index in [9.17, 15) is 0 Å². The molecule has 0 amide bonds. The van der Waals surface area contributed by atoms with Gasteiger partial charge in [0, 0.05) is 16.9 Å². The van der Waals surface area contributed by atoms with Gasteiger partial charge in [-0.1, -0.05) is 69.6 Å². The van der Waals surface area contributed by atoms with Crippen LogP contribution in [0.25, 0.3) is 33.9 Å². The Hall–Kier alpha value is -2.85. The second kappa shape index (κ2) is 8.83. The number of pyridine rings is 3. The minimum Gasteiger partial charge on any atom is -0.255 e. The lowest BCUT2D eigenvalue weighted by Gasteiger charge is -2.20. The van der Waals surface area contributed by atoms with Gasteiger partial charge in [-0.3, -0.25) is 9.97 Å². The molecule has 0 saturated heterocycles. The molecule has 0 unspecified atom stereocenters. The van der Waals surface area contributed by atoms with Crippen LogP contribution in [0.15, 0.2) is 77.5 Å². The summed E-state index contributed by atoms with van der Waals surface area (Å²) in [6, 6.07) is 21.1. The lowest BCUT2D eigenvalue weighted by atomic mass is 9.87. The standard InChI is InChI=1S/C29H30BrN3/c1-28(2,3)21-11-13-31-24(17-21)26-15-20(19-7-9-23(30)10-8-19)16-27(33-26)25-18-22(12-14-32-25)29(4,5)6/h7-18H,1-6H3. The number of hydrogen-bond acceptors (Lipinski definition) is 3. The molecular weight excluding hydrogens is 470 g/mol. The van der Waals surface area contributed by atoms with E-state index < -0.39 is 0 Å². The average molecular weight is 500 g/mol. The second-order valence-electron chi connectivity index (χ2n) is 10.5. The van der Waals surface area contributed by atoms with Gasteiger partial charge < -0.3 is 0 Å². The molecule has 0 saturated carbocycles. The molecule has 0 atom stereocenters. The minimum atomic E-state index is 0.0342. The fraction of sp³-hybridized carbons (Fsp3) is 0.276. The Morgan fingerprint density at radius 3 is 1.42 bits per heavy atom. The number of halogens is 1. The van der Waals surface area contributed by atoms with Gasteiger partial charge in [0.1, 0.15) is 0 Å². The average Bonchev–Trinajstić information content (AvgIpc) is 2.78. The second-order valence-corrected chi connectivity index (χ2v) is 11.4. The molecule has 0 N–H and O–H groups in total. The van der Waals surface area contributed by atoms with Gasteiger partial charge in [0.05, 0.1) is 22.8 Å². The summed E-state index contributed by atoms with van der Waals surface area (Å²) < 4.78 is 1.06. The van der Waals surface area contributed by atoms with Crippen molar-refractivity contribution < 1.29 is 0 Å². The molecule has 0 aliphatic heterocycles. The van der Waals surface area contributed by atoms with E-state index in [0.717, 1.165) is 38.4 Å². The topological polar surface area (TPSA) is 38.7 Å². The molecule has 0 bridgehead atoms. The van der Waals surface area contributed by atoms with Gasteiger partial charge >= 0.3 is 0 Å². The Balaban J connectivity index is 1.91. The summed E-state index contributed by atoms with van der Waals surface area (Å²) in [7, 11) is 0. The summed E-state index contributed by atoms with van der Waals surface area (Å²) in [6.45, 7) is 13.3. The smallest absolute Gasteiger partial charge is 0.0900 e. The molecule has 0 radical (unpaired) electrons. The maximum Gasteiger partial charge on any atom is 0.0900 e. The largest absolute Gasteiger partial charge is 0.255 e. The van der Waals surface area contributed by atoms with Crippen LogP contribution in [0.2, 0.25) is 0 Å². The molecule has 3 nitrogen and oxygen atoms in total. The SMILES string of the molecule is CC(C)(C)c1ccnc(-c2cc(-c3ccc(Br)cc3)cc(-c3cc(C(C)(C)C)ccn3)n2)c1. The maximum atomic E-state index is 5.03. The number of benzene rings is 1. The van der Waals surface area contributed by atoms with Crippen molar-refractivity contribution in [1.82, 2.24) is 15.0 Å². The zero-order valence-electron chi connectivity index (χ0n) is 20.1. The van der Waals surface area contributed by atoms with E-state index in [4.69, 9.17) is 4.98 Å². The molecule has 3 heterocycles. The Morgan fingerprint density at radius 2 is 1.00 bits per heavy atom. The maximum absolute atomic E-state index is 5.03. The summed E-state index contributed by atoms with van der Waals surface area (Å²) >= 11 is 3.54. The molecule has 1 aromatic carbocycles. The third-order valence-electron chi connectivity index (χ3n) is 5.78. The van der Waals surface area contributed by atoms with E-state index in [1.54, 1.807) is 0 Å². The van der Waals surface area contributed by atoms with Crippen molar-refractivity contribution in [2.75, 3.05) is 0 Å². The van der Waals surface area contributed by atoms with Gasteiger partial charge in [-0.05, 0) is 81.6 Å². The summed E-state index contributed by atoms with van der Waals surface area (Å²) in [6.07, 6.45) is 3.75. The van der Waals surface area contributed by atoms with Gasteiger partial charge in [0.15, 0.2) is 0 Å². The molecule has 4 aromatic rings. The first-order valence-electron chi connectivity index (χ1n) is 11.2. The molecule has 0 spiro atoms. The monoisotopic (exact) mass is 499 g/mol. The molecule has 0 fully saturated rings. The molecule has 33 heavy (non-hydrogen) atoms. The molecule has 4 rings (SSSR count). The Labute approximate surface area is 205 Å². The fourth-order valence-corrected chi connectivity index (χ4v) is 3.94. The van der Waals surface area contributed by atoms with E-state index in [0.29, 0.717) is 0 Å². The summed E-state index contributed by atoms with van der Waals surface area (Å²) in [5.74, 6) is 0. The third kappa shape index (κ3) is 5.39. The van der Waals surface area contributed by atoms with Crippen LogP contribution in [0.3, 0.4) is 0 Å². The third-order valence-corrected chi connectivity index (χ3v) is 6.31. The first-order chi connectivity index (χ1) is 15.5. The number of rotatable bonds is 3. The van der Waals surface area contributed by atoms with Gasteiger partial charge in [-0.2, -0.15) is 0 Å². The Kier molecular flexibility index (Phi) is 6.24. The van der Waals surface area contributed by atoms with Gasteiger partial charge in [-0.15, -0.1) is 0 Å². The van der Waals surface area contributed by atoms with Crippen LogP contribution in [-0.4, -0.2) is 15.0 Å². The Bertz CT molecular complexity index is 1200. The van der Waals surface area contributed by atoms with Gasteiger partial charge in [0.25, 0.3) is 0 Å². The summed E-state index contributed by atoms with van der Waals surface area (Å²) in [5, 5.41) is 0. The normalized spacial score (nSPS) is 12.1. The van der Waals surface area contributed by atoms with Crippen LogP contribution in [0.1, 0.15) is 52.7 Å². The van der Waals surface area contributed by atoms with Crippen molar-refractivity contribution in [2.24, 2.45) is 0 Å². The van der Waals surface area contributed by atoms with E-state index in [1.165, 1.54) is 11.1 Å². The van der Waals surface area contributed by atoms with E-state index in [1.807, 2.05) is 12.4 Å².